The lowest BCUT2D eigenvalue weighted by Crippen LogP contribution is -2.04. The Balaban J connectivity index is 2.25. The highest BCUT2D eigenvalue weighted by atomic mass is 35.5. The molecule has 0 aliphatic heterocycles. The molecule has 4 heteroatoms. The highest BCUT2D eigenvalue weighted by molar-refractivity contribution is 6.34. The molecule has 0 bridgehead atoms. The fraction of sp³-hybridized carbons (Fsp3) is 0.133. The highest BCUT2D eigenvalue weighted by Crippen LogP contribution is 2.23. The summed E-state index contributed by atoms with van der Waals surface area (Å²) in [7, 11) is 0. The van der Waals surface area contributed by atoms with E-state index in [1.807, 2.05) is 13.0 Å². The van der Waals surface area contributed by atoms with Gasteiger partial charge < -0.3 is 0 Å². The Labute approximate surface area is 127 Å². The van der Waals surface area contributed by atoms with Gasteiger partial charge in [0.2, 0.25) is 0 Å². The summed E-state index contributed by atoms with van der Waals surface area (Å²) in [5, 5.41) is 1.69. The van der Waals surface area contributed by atoms with Crippen molar-refractivity contribution in [1.29, 1.82) is 0 Å². The number of carbonyl (C=O) groups is 1. The molecule has 0 atom stereocenters. The van der Waals surface area contributed by atoms with Crippen LogP contribution in [0.5, 0.6) is 0 Å². The maximum atomic E-state index is 12.2. The Morgan fingerprint density at radius 2 is 1.74 bits per heavy atom. The van der Waals surface area contributed by atoms with E-state index < -0.39 is 0 Å². The van der Waals surface area contributed by atoms with Crippen LogP contribution in [0.15, 0.2) is 36.4 Å². The van der Waals surface area contributed by atoms with Gasteiger partial charge in [0.25, 0.3) is 0 Å². The molecule has 19 heavy (non-hydrogen) atoms. The van der Waals surface area contributed by atoms with Gasteiger partial charge in [-0.15, -0.1) is 0 Å². The molecule has 98 valence electrons. The zero-order valence-electron chi connectivity index (χ0n) is 10.2. The number of aryl methyl sites for hydroxylation is 1. The molecule has 2 rings (SSSR count). The maximum Gasteiger partial charge on any atom is 0.167 e. The van der Waals surface area contributed by atoms with Crippen LogP contribution in [0.25, 0.3) is 0 Å². The quantitative estimate of drug-likeness (QED) is 0.695. The third kappa shape index (κ3) is 3.50. The minimum atomic E-state index is -0.0360. The van der Waals surface area contributed by atoms with Gasteiger partial charge in [-0.05, 0) is 42.3 Å². The molecule has 0 saturated carbocycles. The van der Waals surface area contributed by atoms with E-state index in [4.69, 9.17) is 34.8 Å². The van der Waals surface area contributed by atoms with Crippen LogP contribution >= 0.6 is 34.8 Å². The molecule has 0 radical (unpaired) electrons. The zero-order valence-corrected chi connectivity index (χ0v) is 12.5. The van der Waals surface area contributed by atoms with Crippen molar-refractivity contribution in [1.82, 2.24) is 0 Å². The van der Waals surface area contributed by atoms with Gasteiger partial charge in [0.1, 0.15) is 0 Å². The second kappa shape index (κ2) is 5.96. The third-order valence-electron chi connectivity index (χ3n) is 2.85. The number of halogens is 3. The molecular formula is C15H11Cl3O. The molecule has 0 N–H and O–H groups in total. The minimum absolute atomic E-state index is 0.0360. The van der Waals surface area contributed by atoms with E-state index in [9.17, 15) is 4.79 Å². The average Bonchev–Trinajstić information content (AvgIpc) is 2.37. The van der Waals surface area contributed by atoms with Crippen LogP contribution in [0.2, 0.25) is 15.1 Å². The van der Waals surface area contributed by atoms with Crippen LogP contribution in [0.3, 0.4) is 0 Å². The monoisotopic (exact) mass is 312 g/mol. The summed E-state index contributed by atoms with van der Waals surface area (Å²) in [5.74, 6) is -0.0360. The first-order chi connectivity index (χ1) is 8.97. The van der Waals surface area contributed by atoms with E-state index in [1.165, 1.54) is 0 Å². The van der Waals surface area contributed by atoms with Crippen molar-refractivity contribution >= 4 is 40.6 Å². The van der Waals surface area contributed by atoms with Crippen molar-refractivity contribution in [2.75, 3.05) is 0 Å². The Kier molecular flexibility index (Phi) is 4.51. The van der Waals surface area contributed by atoms with Crippen molar-refractivity contribution in [3.8, 4) is 0 Å². The smallest absolute Gasteiger partial charge is 0.167 e. The van der Waals surface area contributed by atoms with Gasteiger partial charge in [0, 0.05) is 27.1 Å². The minimum Gasteiger partial charge on any atom is -0.294 e. The van der Waals surface area contributed by atoms with Gasteiger partial charge in [0.15, 0.2) is 5.78 Å². The van der Waals surface area contributed by atoms with E-state index in [0.717, 1.165) is 11.1 Å². The summed E-state index contributed by atoms with van der Waals surface area (Å²) in [6.07, 6.45) is 0.207. The fourth-order valence-corrected chi connectivity index (χ4v) is 2.28. The van der Waals surface area contributed by atoms with Crippen molar-refractivity contribution in [3.05, 3.63) is 68.2 Å². The molecule has 0 heterocycles. The number of rotatable bonds is 3. The van der Waals surface area contributed by atoms with Crippen molar-refractivity contribution in [2.24, 2.45) is 0 Å². The molecule has 2 aromatic rings. The summed E-state index contributed by atoms with van der Waals surface area (Å²) in [6, 6.07) is 10.4. The largest absolute Gasteiger partial charge is 0.294 e. The molecule has 0 unspecified atom stereocenters. The molecule has 0 aliphatic carbocycles. The molecule has 1 nitrogen and oxygen atoms in total. The molecule has 0 amide bonds. The zero-order chi connectivity index (χ0) is 14.0. The lowest BCUT2D eigenvalue weighted by atomic mass is 10.0. The number of hydrogen-bond acceptors (Lipinski definition) is 1. The summed E-state index contributed by atoms with van der Waals surface area (Å²) < 4.78 is 0. The maximum absolute atomic E-state index is 12.2. The Morgan fingerprint density at radius 3 is 2.42 bits per heavy atom. The van der Waals surface area contributed by atoms with Crippen molar-refractivity contribution in [2.45, 2.75) is 13.3 Å². The van der Waals surface area contributed by atoms with Gasteiger partial charge in [-0.2, -0.15) is 0 Å². The van der Waals surface area contributed by atoms with Crippen LogP contribution in [-0.4, -0.2) is 5.78 Å². The highest BCUT2D eigenvalue weighted by Gasteiger charge is 2.11. The first-order valence-electron chi connectivity index (χ1n) is 5.70. The number of benzene rings is 2. The molecule has 2 aromatic carbocycles. The van der Waals surface area contributed by atoms with E-state index in [1.54, 1.807) is 30.3 Å². The summed E-state index contributed by atoms with van der Waals surface area (Å²) in [4.78, 5) is 12.2. The normalized spacial score (nSPS) is 10.5. The van der Waals surface area contributed by atoms with Gasteiger partial charge in [-0.25, -0.2) is 0 Å². The fourth-order valence-electron chi connectivity index (χ4n) is 1.72. The number of Topliss-reactive ketones (excluding diaryl/α,β-unsaturated/α-hetero) is 1. The first kappa shape index (κ1) is 14.4. The predicted molar refractivity (Wildman–Crippen MR) is 80.7 cm³/mol. The molecule has 0 fully saturated rings. The SMILES string of the molecule is Cc1ccc(C(=O)Cc2cc(Cl)ccc2Cl)cc1Cl. The number of ketones is 1. The van der Waals surface area contributed by atoms with Gasteiger partial charge in [0.05, 0.1) is 0 Å². The second-order valence-electron chi connectivity index (χ2n) is 4.30. The summed E-state index contributed by atoms with van der Waals surface area (Å²) >= 11 is 18.0. The topological polar surface area (TPSA) is 17.1 Å². The third-order valence-corrected chi connectivity index (χ3v) is 3.86. The Bertz CT molecular complexity index is 635. The van der Waals surface area contributed by atoms with Gasteiger partial charge in [-0.1, -0.05) is 46.9 Å². The number of hydrogen-bond donors (Lipinski definition) is 0. The summed E-state index contributed by atoms with van der Waals surface area (Å²) in [5.41, 5.74) is 2.24. The molecule has 0 saturated heterocycles. The molecule has 0 spiro atoms. The van der Waals surface area contributed by atoms with Crippen LogP contribution in [-0.2, 0) is 6.42 Å². The molecule has 0 aliphatic rings. The van der Waals surface area contributed by atoms with E-state index >= 15 is 0 Å². The van der Waals surface area contributed by atoms with E-state index in [2.05, 4.69) is 0 Å². The predicted octanol–water partition coefficient (Wildman–Crippen LogP) is 5.38. The van der Waals surface area contributed by atoms with Crippen LogP contribution in [0.4, 0.5) is 0 Å². The summed E-state index contributed by atoms with van der Waals surface area (Å²) in [6.45, 7) is 1.89. The van der Waals surface area contributed by atoms with Gasteiger partial charge >= 0.3 is 0 Å². The van der Waals surface area contributed by atoms with E-state index in [-0.39, 0.29) is 12.2 Å². The first-order valence-corrected chi connectivity index (χ1v) is 6.84. The van der Waals surface area contributed by atoms with E-state index in [0.29, 0.717) is 20.6 Å². The van der Waals surface area contributed by atoms with Crippen molar-refractivity contribution in [3.63, 3.8) is 0 Å². The van der Waals surface area contributed by atoms with Gasteiger partial charge in [-0.3, -0.25) is 4.79 Å². The van der Waals surface area contributed by atoms with Crippen LogP contribution < -0.4 is 0 Å². The van der Waals surface area contributed by atoms with Crippen LogP contribution in [0.1, 0.15) is 21.5 Å². The molecule has 0 aromatic heterocycles. The van der Waals surface area contributed by atoms with Crippen molar-refractivity contribution < 1.29 is 4.79 Å². The second-order valence-corrected chi connectivity index (χ2v) is 5.55. The lowest BCUT2D eigenvalue weighted by Gasteiger charge is -2.06. The lowest BCUT2D eigenvalue weighted by molar-refractivity contribution is 0.0993. The number of carbonyl (C=O) groups excluding carboxylic acids is 1. The average molecular weight is 314 g/mol. The standard InChI is InChI=1S/C15H11Cl3O/c1-9-2-3-10(7-14(9)18)15(19)8-11-6-12(16)4-5-13(11)17/h2-7H,8H2,1H3. The Morgan fingerprint density at radius 1 is 1.00 bits per heavy atom. The Hall–Kier alpha value is -1.02. The molecular weight excluding hydrogens is 303 g/mol. The van der Waals surface area contributed by atoms with Crippen LogP contribution in [0, 0.1) is 6.92 Å².